The maximum atomic E-state index is 9.68. The summed E-state index contributed by atoms with van der Waals surface area (Å²) in [6.45, 7) is 0. The van der Waals surface area contributed by atoms with Crippen LogP contribution in [0.25, 0.3) is 0 Å². The molecule has 0 spiro atoms. The molecule has 3 rings (SSSR count). The molecule has 0 aromatic heterocycles. The van der Waals surface area contributed by atoms with Gasteiger partial charge in [0, 0.05) is 11.0 Å². The molecule has 0 aliphatic heterocycles. The summed E-state index contributed by atoms with van der Waals surface area (Å²) in [6, 6.07) is 26.0. The van der Waals surface area contributed by atoms with E-state index in [4.69, 9.17) is 9.47 Å². The number of para-hydroxylation sites is 1. The van der Waals surface area contributed by atoms with E-state index in [2.05, 4.69) is 24.3 Å². The Morgan fingerprint density at radius 1 is 0.750 bits per heavy atom. The Bertz CT molecular complexity index is 836. The average Bonchev–Trinajstić information content (AvgIpc) is 2.75. The lowest BCUT2D eigenvalue weighted by atomic mass is 9.66. The molecule has 0 saturated carbocycles. The summed E-state index contributed by atoms with van der Waals surface area (Å²) in [5.74, 6) is 1.28. The zero-order chi connectivity index (χ0) is 20.0. The van der Waals surface area contributed by atoms with E-state index in [0.717, 1.165) is 16.7 Å². The number of hydrogen-bond donors (Lipinski definition) is 2. The summed E-state index contributed by atoms with van der Waals surface area (Å²) in [7, 11) is 3.24. The molecule has 146 valence electrons. The van der Waals surface area contributed by atoms with Gasteiger partial charge in [0.25, 0.3) is 0 Å². The first-order chi connectivity index (χ1) is 13.6. The molecule has 4 nitrogen and oxygen atoms in total. The highest BCUT2D eigenvalue weighted by Crippen LogP contribution is 2.49. The van der Waals surface area contributed by atoms with E-state index in [1.807, 2.05) is 54.6 Å². The Balaban J connectivity index is 2.36. The predicted octanol–water partition coefficient (Wildman–Crippen LogP) is 4.13. The van der Waals surface area contributed by atoms with Gasteiger partial charge in [-0.15, -0.1) is 0 Å². The van der Waals surface area contributed by atoms with Gasteiger partial charge in [-0.05, 0) is 30.0 Å². The van der Waals surface area contributed by atoms with Gasteiger partial charge >= 0.3 is 0 Å². The van der Waals surface area contributed by atoms with Gasteiger partial charge in [0.05, 0.1) is 14.2 Å². The quantitative estimate of drug-likeness (QED) is 0.457. The van der Waals surface area contributed by atoms with Crippen molar-refractivity contribution in [3.8, 4) is 11.5 Å². The van der Waals surface area contributed by atoms with Crippen molar-refractivity contribution in [1.82, 2.24) is 0 Å². The van der Waals surface area contributed by atoms with Crippen molar-refractivity contribution < 1.29 is 19.7 Å². The molecule has 0 amide bonds. The van der Waals surface area contributed by atoms with Crippen LogP contribution in [0.2, 0.25) is 0 Å². The fourth-order valence-corrected chi connectivity index (χ4v) is 3.92. The van der Waals surface area contributed by atoms with Crippen LogP contribution in [0.3, 0.4) is 0 Å². The molecule has 0 radical (unpaired) electrons. The lowest BCUT2D eigenvalue weighted by Gasteiger charge is -2.37. The molecule has 0 unspecified atom stereocenters. The summed E-state index contributed by atoms with van der Waals surface area (Å²) < 4.78 is 11.3. The summed E-state index contributed by atoms with van der Waals surface area (Å²) in [5.41, 5.74) is 2.39. The Morgan fingerprint density at radius 2 is 1.32 bits per heavy atom. The second-order valence-corrected chi connectivity index (χ2v) is 6.70. The van der Waals surface area contributed by atoms with Crippen LogP contribution >= 0.6 is 0 Å². The molecule has 0 aliphatic rings. The summed E-state index contributed by atoms with van der Waals surface area (Å²) in [6.07, 6.45) is -0.699. The molecule has 0 saturated heterocycles. The lowest BCUT2D eigenvalue weighted by Crippen LogP contribution is -2.31. The van der Waals surface area contributed by atoms with Crippen molar-refractivity contribution in [2.24, 2.45) is 0 Å². The molecule has 0 atom stereocenters. The van der Waals surface area contributed by atoms with Crippen molar-refractivity contribution >= 4 is 0 Å². The lowest BCUT2D eigenvalue weighted by molar-refractivity contribution is -0.0483. The summed E-state index contributed by atoms with van der Waals surface area (Å²) in [4.78, 5) is 0. The number of ether oxygens (including phenoxy) is 2. The SMILES string of the molecule is COc1cccc(C(CCC(O)O)(c2ccccc2)c2ccccc2)c1OC. The highest BCUT2D eigenvalue weighted by molar-refractivity contribution is 5.59. The summed E-state index contributed by atoms with van der Waals surface area (Å²) >= 11 is 0. The number of benzene rings is 3. The van der Waals surface area contributed by atoms with E-state index in [1.165, 1.54) is 0 Å². The molecule has 0 fully saturated rings. The number of aliphatic hydroxyl groups is 2. The Morgan fingerprint density at radius 3 is 1.79 bits per heavy atom. The minimum absolute atomic E-state index is 0.212. The van der Waals surface area contributed by atoms with E-state index >= 15 is 0 Å². The van der Waals surface area contributed by atoms with Crippen LogP contribution in [-0.4, -0.2) is 30.7 Å². The van der Waals surface area contributed by atoms with Gasteiger partial charge in [0.1, 0.15) is 0 Å². The van der Waals surface area contributed by atoms with E-state index < -0.39 is 11.7 Å². The first-order valence-electron chi connectivity index (χ1n) is 9.32. The first kappa shape index (κ1) is 19.9. The number of aliphatic hydroxyl groups excluding tert-OH is 1. The Labute approximate surface area is 166 Å². The number of hydrogen-bond acceptors (Lipinski definition) is 4. The van der Waals surface area contributed by atoms with Gasteiger partial charge in [0.15, 0.2) is 17.8 Å². The topological polar surface area (TPSA) is 58.9 Å². The molecular weight excluding hydrogens is 352 g/mol. The molecule has 4 heteroatoms. The van der Waals surface area contributed by atoms with Crippen LogP contribution in [0.4, 0.5) is 0 Å². The molecule has 3 aromatic carbocycles. The second-order valence-electron chi connectivity index (χ2n) is 6.70. The third-order valence-corrected chi connectivity index (χ3v) is 5.17. The molecule has 0 heterocycles. The van der Waals surface area contributed by atoms with Crippen molar-refractivity contribution in [3.63, 3.8) is 0 Å². The molecule has 0 aliphatic carbocycles. The smallest absolute Gasteiger partial charge is 0.165 e. The van der Waals surface area contributed by atoms with Gasteiger partial charge < -0.3 is 19.7 Å². The number of rotatable bonds is 8. The van der Waals surface area contributed by atoms with Crippen molar-refractivity contribution in [1.29, 1.82) is 0 Å². The van der Waals surface area contributed by atoms with Crippen LogP contribution in [0, 0.1) is 0 Å². The van der Waals surface area contributed by atoms with Gasteiger partial charge in [-0.25, -0.2) is 0 Å². The van der Waals surface area contributed by atoms with Gasteiger partial charge in [-0.2, -0.15) is 0 Å². The highest BCUT2D eigenvalue weighted by Gasteiger charge is 2.39. The zero-order valence-electron chi connectivity index (χ0n) is 16.2. The monoisotopic (exact) mass is 378 g/mol. The molecule has 3 aromatic rings. The molecule has 2 N–H and O–H groups in total. The summed E-state index contributed by atoms with van der Waals surface area (Å²) in [5, 5.41) is 19.4. The second kappa shape index (κ2) is 8.91. The van der Waals surface area contributed by atoms with Gasteiger partial charge in [0.2, 0.25) is 0 Å². The van der Waals surface area contributed by atoms with Crippen LogP contribution < -0.4 is 9.47 Å². The maximum absolute atomic E-state index is 9.68. The van der Waals surface area contributed by atoms with Gasteiger partial charge in [-0.3, -0.25) is 0 Å². The van der Waals surface area contributed by atoms with Crippen molar-refractivity contribution in [3.05, 3.63) is 95.6 Å². The fourth-order valence-electron chi connectivity index (χ4n) is 3.92. The largest absolute Gasteiger partial charge is 0.493 e. The Hall–Kier alpha value is -2.82. The van der Waals surface area contributed by atoms with Crippen LogP contribution in [0.15, 0.2) is 78.9 Å². The highest BCUT2D eigenvalue weighted by atomic mass is 16.5. The van der Waals surface area contributed by atoms with Crippen LogP contribution in [-0.2, 0) is 5.41 Å². The van der Waals surface area contributed by atoms with E-state index in [1.54, 1.807) is 14.2 Å². The van der Waals surface area contributed by atoms with E-state index in [9.17, 15) is 10.2 Å². The third-order valence-electron chi connectivity index (χ3n) is 5.17. The fraction of sp³-hybridized carbons (Fsp3) is 0.250. The molecule has 28 heavy (non-hydrogen) atoms. The standard InChI is InChI=1S/C24H26O4/c1-27-21-15-9-14-20(23(21)28-2)24(17-16-22(25)26,18-10-5-3-6-11-18)19-12-7-4-8-13-19/h3-15,22,25-26H,16-17H2,1-2H3. The minimum atomic E-state index is -1.40. The zero-order valence-corrected chi connectivity index (χ0v) is 16.2. The minimum Gasteiger partial charge on any atom is -0.493 e. The van der Waals surface area contributed by atoms with Crippen LogP contribution in [0.1, 0.15) is 29.5 Å². The number of methoxy groups -OCH3 is 2. The van der Waals surface area contributed by atoms with E-state index in [-0.39, 0.29) is 6.42 Å². The van der Waals surface area contributed by atoms with Crippen LogP contribution in [0.5, 0.6) is 11.5 Å². The predicted molar refractivity (Wildman–Crippen MR) is 110 cm³/mol. The van der Waals surface area contributed by atoms with Crippen molar-refractivity contribution in [2.45, 2.75) is 24.5 Å². The van der Waals surface area contributed by atoms with Crippen molar-refractivity contribution in [2.75, 3.05) is 14.2 Å². The average molecular weight is 378 g/mol. The Kier molecular flexibility index (Phi) is 6.34. The molecular formula is C24H26O4. The maximum Gasteiger partial charge on any atom is 0.165 e. The first-order valence-corrected chi connectivity index (χ1v) is 9.32. The third kappa shape index (κ3) is 3.75. The van der Waals surface area contributed by atoms with E-state index in [0.29, 0.717) is 17.9 Å². The molecule has 0 bridgehead atoms. The normalized spacial score (nSPS) is 11.5. The van der Waals surface area contributed by atoms with Gasteiger partial charge in [-0.1, -0.05) is 72.8 Å².